The largest absolute Gasteiger partial charge is 0.304 e. The zero-order chi connectivity index (χ0) is 22.0. The topological polar surface area (TPSA) is 29.1 Å². The van der Waals surface area contributed by atoms with Crippen LogP contribution in [-0.2, 0) is 10.3 Å². The Balaban J connectivity index is 3.13. The van der Waals surface area contributed by atoms with Gasteiger partial charge >= 0.3 is 0 Å². The summed E-state index contributed by atoms with van der Waals surface area (Å²) in [4.78, 5) is 13.0. The lowest BCUT2D eigenvalue weighted by molar-refractivity contribution is -0.127. The molecule has 0 heterocycles. The lowest BCUT2D eigenvalue weighted by Crippen LogP contribution is -2.49. The van der Waals surface area contributed by atoms with Crippen LogP contribution in [0.2, 0.25) is 6.43 Å². The molecule has 2 nitrogen and oxygen atoms in total. The van der Waals surface area contributed by atoms with E-state index in [0.29, 0.717) is 0 Å². The summed E-state index contributed by atoms with van der Waals surface area (Å²) in [6.45, 7) is -3.43. The van der Waals surface area contributed by atoms with Crippen LogP contribution in [-0.4, -0.2) is 12.8 Å². The molecule has 3 heteroatoms. The minimum Gasteiger partial charge on any atom is -0.304 e. The third kappa shape index (κ3) is 1.76. The Labute approximate surface area is 118 Å². The standard InChI is InChI=1S/C13H16ClNO/c1-15-13(9-5-4-8-12(13)16)10-6-2-3-7-11(10)14/h2-3,6-7,15H,4-5,8-9H2,1H3/i1D3,2D,3D,5D2,6D,7D,9D2/hD. The van der Waals surface area contributed by atoms with Crippen molar-refractivity contribution >= 4 is 17.4 Å². The highest BCUT2D eigenvalue weighted by Gasteiger charge is 2.40. The molecule has 0 spiro atoms. The number of benzene rings is 1. The second-order valence-electron chi connectivity index (χ2n) is 3.24. The van der Waals surface area contributed by atoms with Crippen LogP contribution in [0.25, 0.3) is 0 Å². The zero-order valence-electron chi connectivity index (χ0n) is 20.1. The maximum Gasteiger partial charge on any atom is 0.157 e. The predicted octanol–water partition coefficient (Wildman–Crippen LogP) is 2.90. The number of ketones is 1. The van der Waals surface area contributed by atoms with E-state index in [-0.39, 0.29) is 0 Å². The van der Waals surface area contributed by atoms with Gasteiger partial charge in [0.05, 0.1) is 5.48 Å². The highest BCUT2D eigenvalue weighted by Crippen LogP contribution is 2.37. The summed E-state index contributed by atoms with van der Waals surface area (Å²) in [6, 6.07) is -3.59. The second-order valence-corrected chi connectivity index (χ2v) is 3.61. The van der Waals surface area contributed by atoms with Gasteiger partial charge in [-0.1, -0.05) is 36.1 Å². The van der Waals surface area contributed by atoms with Gasteiger partial charge in [0.2, 0.25) is 0 Å². The SMILES string of the molecule is [2H]c1c([2H])c([2H])c(C2(N([2H])C([2H])([2H])[2H])C(=O)CCC([2H])([2H])C2([2H])[2H])c(Cl)c1[2H]. The van der Waals surface area contributed by atoms with Gasteiger partial charge in [0, 0.05) is 21.0 Å². The number of Topliss-reactive ketones (excluding diaryl/α,β-unsaturated/α-hetero) is 1. The van der Waals surface area contributed by atoms with E-state index < -0.39 is 84.0 Å². The van der Waals surface area contributed by atoms with Crippen molar-refractivity contribution in [3.8, 4) is 0 Å². The highest BCUT2D eigenvalue weighted by molar-refractivity contribution is 6.31. The molecule has 1 aliphatic rings. The van der Waals surface area contributed by atoms with Crippen LogP contribution in [0.15, 0.2) is 24.2 Å². The molecular formula is C13H16ClNO. The summed E-state index contributed by atoms with van der Waals surface area (Å²) in [7, 11) is 0. The first kappa shape index (κ1) is 3.82. The van der Waals surface area contributed by atoms with Crippen molar-refractivity contribution in [3.05, 3.63) is 34.8 Å². The smallest absolute Gasteiger partial charge is 0.157 e. The van der Waals surface area contributed by atoms with Crippen LogP contribution in [0, 0.1) is 0 Å². The van der Waals surface area contributed by atoms with Gasteiger partial charge in [0.25, 0.3) is 0 Å². The number of hydrogen-bond acceptors (Lipinski definition) is 2. The van der Waals surface area contributed by atoms with E-state index in [4.69, 9.17) is 28.1 Å². The normalized spacial score (nSPS) is 44.0. The molecule has 1 N–H and O–H groups in total. The van der Waals surface area contributed by atoms with E-state index >= 15 is 0 Å². The monoisotopic (exact) mass is 249 g/mol. The van der Waals surface area contributed by atoms with Gasteiger partial charge in [-0.15, -0.1) is 0 Å². The van der Waals surface area contributed by atoms with Crippen LogP contribution >= 0.6 is 11.6 Å². The maximum absolute atomic E-state index is 13.0. The number of hydrogen-bond donors (Lipinski definition) is 1. The van der Waals surface area contributed by atoms with E-state index in [1.165, 1.54) is 0 Å². The second kappa shape index (κ2) is 4.56. The first-order valence-corrected chi connectivity index (χ1v) is 4.93. The number of halogens is 1. The summed E-state index contributed by atoms with van der Waals surface area (Å²) >= 11 is 6.03. The van der Waals surface area contributed by atoms with Crippen molar-refractivity contribution in [3.63, 3.8) is 0 Å². The molecule has 1 aromatic carbocycles. The molecule has 0 bridgehead atoms. The Morgan fingerprint density at radius 1 is 1.69 bits per heavy atom. The predicted molar refractivity (Wildman–Crippen MR) is 65.7 cm³/mol. The minimum atomic E-state index is -3.43. The van der Waals surface area contributed by atoms with Crippen molar-refractivity contribution in [2.24, 2.45) is 0 Å². The lowest BCUT2D eigenvalue weighted by Gasteiger charge is -2.36. The van der Waals surface area contributed by atoms with E-state index in [1.807, 2.05) is 0 Å². The Bertz CT molecular complexity index is 809. The Morgan fingerprint density at radius 2 is 2.50 bits per heavy atom. The molecule has 0 saturated heterocycles. The van der Waals surface area contributed by atoms with Gasteiger partial charge in [0.15, 0.2) is 5.78 Å². The van der Waals surface area contributed by atoms with Crippen LogP contribution in [0.5, 0.6) is 0 Å². The van der Waals surface area contributed by atoms with Gasteiger partial charge in [-0.25, -0.2) is 0 Å². The highest BCUT2D eigenvalue weighted by atomic mass is 35.5. The molecule has 2 rings (SSSR count). The molecule has 0 radical (unpaired) electrons. The van der Waals surface area contributed by atoms with Crippen molar-refractivity contribution in [2.75, 3.05) is 6.98 Å². The Kier molecular flexibility index (Phi) is 1.09. The number of carbonyl (C=O) groups is 1. The van der Waals surface area contributed by atoms with Gasteiger partial charge < -0.3 is 5.31 Å². The first-order chi connectivity index (χ1) is 12.5. The van der Waals surface area contributed by atoms with Gasteiger partial charge in [-0.3, -0.25) is 4.79 Å². The van der Waals surface area contributed by atoms with Crippen molar-refractivity contribution < 1.29 is 21.3 Å². The van der Waals surface area contributed by atoms with Crippen LogP contribution < -0.4 is 5.31 Å². The molecule has 1 fully saturated rings. The molecule has 86 valence electrons. The molecule has 0 aromatic heterocycles. The molecule has 1 aliphatic carbocycles. The van der Waals surface area contributed by atoms with E-state index in [1.54, 1.807) is 0 Å². The average Bonchev–Trinajstić information content (AvgIpc) is 2.57. The summed E-state index contributed by atoms with van der Waals surface area (Å²) in [5.41, 5.74) is -4.20. The minimum absolute atomic E-state index is 0.402. The van der Waals surface area contributed by atoms with Crippen LogP contribution in [0.4, 0.5) is 0 Å². The molecule has 0 aliphatic heterocycles. The summed E-state index contributed by atoms with van der Waals surface area (Å²) in [5, 5.41) is -1.25. The first-order valence-electron chi connectivity index (χ1n) is 10.5. The zero-order valence-corrected chi connectivity index (χ0v) is 8.90. The third-order valence-corrected chi connectivity index (χ3v) is 2.60. The Morgan fingerprint density at radius 3 is 3.31 bits per heavy atom. The van der Waals surface area contributed by atoms with Crippen LogP contribution in [0.1, 0.15) is 46.2 Å². The summed E-state index contributed by atoms with van der Waals surface area (Å²) in [5.74, 6) is -1.22. The fraction of sp³-hybridized carbons (Fsp3) is 0.462. The van der Waals surface area contributed by atoms with Gasteiger partial charge in [0.1, 0.15) is 6.95 Å². The lowest BCUT2D eigenvalue weighted by atomic mass is 9.75. The molecule has 0 amide bonds. The number of carbonyl (C=O) groups excluding carboxylic acids is 1. The maximum atomic E-state index is 13.0. The van der Waals surface area contributed by atoms with E-state index in [2.05, 4.69) is 0 Å². The summed E-state index contributed by atoms with van der Waals surface area (Å²) in [6.07, 6.45) is -7.42. The van der Waals surface area contributed by atoms with Gasteiger partial charge in [-0.2, -0.15) is 0 Å². The van der Waals surface area contributed by atoms with Crippen LogP contribution in [0.3, 0.4) is 0 Å². The van der Waals surface area contributed by atoms with Crippen molar-refractivity contribution in [2.45, 2.75) is 31.1 Å². The quantitative estimate of drug-likeness (QED) is 0.873. The molecule has 1 saturated carbocycles. The van der Waals surface area contributed by atoms with Crippen molar-refractivity contribution in [1.29, 1.82) is 0 Å². The fourth-order valence-electron chi connectivity index (χ4n) is 1.51. The van der Waals surface area contributed by atoms with Crippen molar-refractivity contribution in [1.82, 2.24) is 5.31 Å². The fourth-order valence-corrected chi connectivity index (χ4v) is 1.74. The summed E-state index contributed by atoms with van der Waals surface area (Å²) < 4.78 is 94.9. The number of nitrogens with one attached hydrogen (secondary N) is 1. The van der Waals surface area contributed by atoms with Gasteiger partial charge in [-0.05, 0) is 31.4 Å². The van der Waals surface area contributed by atoms with E-state index in [9.17, 15) is 4.79 Å². The number of rotatable bonds is 2. The number of likely N-dealkylation sites (N-methyl/N-ethyl adjacent to an activating group) is 1. The Hall–Kier alpha value is -0.860. The molecule has 1 aromatic rings. The third-order valence-electron chi connectivity index (χ3n) is 2.32. The molecular weight excluding hydrogens is 222 g/mol. The molecule has 16 heavy (non-hydrogen) atoms. The average molecular weight is 250 g/mol. The van der Waals surface area contributed by atoms with E-state index in [0.717, 1.165) is 0 Å². The molecule has 1 unspecified atom stereocenters. The molecule has 1 atom stereocenters.